The molecule has 4 aliphatic rings. The van der Waals surface area contributed by atoms with E-state index in [9.17, 15) is 20.4 Å². The second kappa shape index (κ2) is 8.63. The van der Waals surface area contributed by atoms with Gasteiger partial charge < -0.3 is 10.3 Å². The van der Waals surface area contributed by atoms with Crippen molar-refractivity contribution < 1.29 is 15.2 Å². The van der Waals surface area contributed by atoms with Gasteiger partial charge in [0.2, 0.25) is 0 Å². The Balaban J connectivity index is 1.38. The first-order valence-corrected chi connectivity index (χ1v) is 12.8. The number of non-ortho nitro benzene ring substituents is 1. The maximum Gasteiger partial charge on any atom is 0.270 e. The second-order valence-electron chi connectivity index (χ2n) is 11.5. The third-order valence-electron chi connectivity index (χ3n) is 10.1. The van der Waals surface area contributed by atoms with Crippen molar-refractivity contribution in [3.8, 4) is 0 Å². The lowest BCUT2D eigenvalue weighted by molar-refractivity contribution is -0.384. The van der Waals surface area contributed by atoms with E-state index in [-0.39, 0.29) is 28.5 Å². The van der Waals surface area contributed by atoms with Crippen LogP contribution in [0.4, 0.5) is 5.69 Å². The van der Waals surface area contributed by atoms with Gasteiger partial charge in [-0.05, 0) is 91.6 Å². The highest BCUT2D eigenvalue weighted by Crippen LogP contribution is 2.66. The Labute approximate surface area is 201 Å². The van der Waals surface area contributed by atoms with Gasteiger partial charge >= 0.3 is 0 Å². The lowest BCUT2D eigenvalue weighted by Crippen LogP contribution is -2.51. The molecular weight excluding hydrogens is 428 g/mol. The van der Waals surface area contributed by atoms with Gasteiger partial charge in [-0.15, -0.1) is 0 Å². The van der Waals surface area contributed by atoms with Crippen LogP contribution in [0, 0.1) is 44.6 Å². The molecule has 0 aromatic heterocycles. The first-order valence-electron chi connectivity index (χ1n) is 12.8. The molecule has 6 nitrogen and oxygen atoms in total. The number of nitrogens with zero attached hydrogens (tertiary/aromatic N) is 2. The molecule has 182 valence electrons. The number of aliphatic hydroxyl groups excluding tert-OH is 1. The Morgan fingerprint density at radius 3 is 2.76 bits per heavy atom. The van der Waals surface area contributed by atoms with Crippen molar-refractivity contribution >= 4 is 17.5 Å². The average Bonchev–Trinajstić information content (AvgIpc) is 3.17. The van der Waals surface area contributed by atoms with Gasteiger partial charge in [0, 0.05) is 18.1 Å². The zero-order chi connectivity index (χ0) is 24.1. The van der Waals surface area contributed by atoms with Crippen molar-refractivity contribution in [3.63, 3.8) is 0 Å². The lowest BCUT2D eigenvalue weighted by atomic mass is 9.47. The van der Waals surface area contributed by atoms with Crippen molar-refractivity contribution in [1.82, 2.24) is 0 Å². The van der Waals surface area contributed by atoms with E-state index < -0.39 is 4.92 Å². The van der Waals surface area contributed by atoms with Crippen molar-refractivity contribution in [2.45, 2.75) is 71.3 Å². The van der Waals surface area contributed by atoms with Gasteiger partial charge in [0.15, 0.2) is 0 Å². The largest absolute Gasteiger partial charge is 0.411 e. The van der Waals surface area contributed by atoms with Crippen molar-refractivity contribution in [1.29, 1.82) is 0 Å². The maximum atomic E-state index is 11.1. The molecule has 4 aliphatic carbocycles. The standard InChI is InChI=1S/C28H36N2O4/c1-27-14-12-21(31)17-19(27)7-8-22-23-9-10-25(28(23,2)15-13-24(22)27)26(29-32)11-6-18-4-3-5-20(16-18)30(33)34/h3-7,11,16,21-25,31-32H,8-10,12-15,17H2,1-2H3/b11-6+,29-26+/t21-,22-,23-,24-,25+,27-,28-/m0/s1. The van der Waals surface area contributed by atoms with E-state index in [2.05, 4.69) is 25.1 Å². The summed E-state index contributed by atoms with van der Waals surface area (Å²) in [5.74, 6) is 2.10. The van der Waals surface area contributed by atoms with Crippen LogP contribution < -0.4 is 0 Å². The highest BCUT2D eigenvalue weighted by atomic mass is 16.6. The predicted molar refractivity (Wildman–Crippen MR) is 133 cm³/mol. The number of nitro groups is 1. The minimum atomic E-state index is -0.392. The van der Waals surface area contributed by atoms with E-state index in [0.29, 0.717) is 23.5 Å². The summed E-state index contributed by atoms with van der Waals surface area (Å²) in [5.41, 5.74) is 3.28. The molecule has 2 N–H and O–H groups in total. The van der Waals surface area contributed by atoms with Crippen LogP contribution in [0.3, 0.4) is 0 Å². The molecule has 7 atom stereocenters. The topological polar surface area (TPSA) is 96.0 Å². The fourth-order valence-corrected chi connectivity index (χ4v) is 8.27. The zero-order valence-electron chi connectivity index (χ0n) is 20.2. The van der Waals surface area contributed by atoms with Gasteiger partial charge in [0.25, 0.3) is 5.69 Å². The van der Waals surface area contributed by atoms with Crippen molar-refractivity contribution in [2.24, 2.45) is 39.7 Å². The van der Waals surface area contributed by atoms with Crippen LogP contribution in [0.2, 0.25) is 0 Å². The van der Waals surface area contributed by atoms with Gasteiger partial charge in [-0.1, -0.05) is 48.9 Å². The minimum Gasteiger partial charge on any atom is -0.411 e. The van der Waals surface area contributed by atoms with Gasteiger partial charge in [-0.25, -0.2) is 0 Å². The second-order valence-corrected chi connectivity index (χ2v) is 11.5. The highest BCUT2D eigenvalue weighted by Gasteiger charge is 2.59. The fourth-order valence-electron chi connectivity index (χ4n) is 8.27. The number of aliphatic hydroxyl groups is 1. The van der Waals surface area contributed by atoms with Crippen molar-refractivity contribution in [3.05, 3.63) is 57.7 Å². The van der Waals surface area contributed by atoms with E-state index in [4.69, 9.17) is 0 Å². The van der Waals surface area contributed by atoms with E-state index in [1.54, 1.807) is 12.1 Å². The summed E-state index contributed by atoms with van der Waals surface area (Å²) in [6, 6.07) is 6.54. The zero-order valence-corrected chi connectivity index (χ0v) is 20.2. The molecular formula is C28H36N2O4. The number of allylic oxidation sites excluding steroid dienone is 2. The van der Waals surface area contributed by atoms with E-state index in [1.807, 2.05) is 18.2 Å². The maximum absolute atomic E-state index is 11.1. The predicted octanol–water partition coefficient (Wildman–Crippen LogP) is 6.38. The molecule has 0 saturated heterocycles. The van der Waals surface area contributed by atoms with Crippen LogP contribution >= 0.6 is 0 Å². The first kappa shape index (κ1) is 23.3. The van der Waals surface area contributed by atoms with Crippen LogP contribution in [0.1, 0.15) is 70.8 Å². The quantitative estimate of drug-likeness (QED) is 0.178. The molecule has 0 unspecified atom stereocenters. The minimum absolute atomic E-state index is 0.0595. The third-order valence-corrected chi connectivity index (χ3v) is 10.1. The normalized spacial score (nSPS) is 39.8. The molecule has 0 heterocycles. The average molecular weight is 465 g/mol. The smallest absolute Gasteiger partial charge is 0.270 e. The highest BCUT2D eigenvalue weighted by molar-refractivity contribution is 6.00. The Kier molecular flexibility index (Phi) is 5.91. The summed E-state index contributed by atoms with van der Waals surface area (Å²) < 4.78 is 0. The number of rotatable bonds is 4. The number of hydrogen-bond donors (Lipinski definition) is 2. The Morgan fingerprint density at radius 1 is 1.18 bits per heavy atom. The molecule has 6 heteroatoms. The van der Waals surface area contributed by atoms with Crippen molar-refractivity contribution in [2.75, 3.05) is 0 Å². The molecule has 1 aromatic rings. The van der Waals surface area contributed by atoms with Gasteiger partial charge in [-0.3, -0.25) is 10.1 Å². The Morgan fingerprint density at radius 2 is 2.00 bits per heavy atom. The Hall–Kier alpha value is -2.47. The Bertz CT molecular complexity index is 1060. The molecule has 3 fully saturated rings. The first-order chi connectivity index (χ1) is 16.3. The summed E-state index contributed by atoms with van der Waals surface area (Å²) in [7, 11) is 0. The van der Waals surface area contributed by atoms with Gasteiger partial charge in [0.05, 0.1) is 16.7 Å². The molecule has 0 aliphatic heterocycles. The van der Waals surface area contributed by atoms with Crippen LogP contribution in [-0.2, 0) is 0 Å². The molecule has 0 spiro atoms. The van der Waals surface area contributed by atoms with Crippen LogP contribution in [-0.4, -0.2) is 27.1 Å². The number of oxime groups is 1. The van der Waals surface area contributed by atoms with E-state index >= 15 is 0 Å². The summed E-state index contributed by atoms with van der Waals surface area (Å²) in [4.78, 5) is 10.7. The molecule has 5 rings (SSSR count). The number of hydrogen-bond acceptors (Lipinski definition) is 5. The summed E-state index contributed by atoms with van der Waals surface area (Å²) in [5, 5.41) is 35.0. The molecule has 0 bridgehead atoms. The fraction of sp³-hybridized carbons (Fsp3) is 0.607. The molecule has 1 aromatic carbocycles. The molecule has 34 heavy (non-hydrogen) atoms. The van der Waals surface area contributed by atoms with Gasteiger partial charge in [-0.2, -0.15) is 0 Å². The SMILES string of the molecule is C[C@]12CC[C@H]3[C@@H](CC=C4C[C@@H](O)CC[C@@]43C)[C@@H]1CC[C@@H]2C(/C=C/c1cccc([N+](=O)[O-])c1)=N/O. The van der Waals surface area contributed by atoms with E-state index in [0.717, 1.165) is 50.5 Å². The monoisotopic (exact) mass is 464 g/mol. The van der Waals surface area contributed by atoms with Crippen LogP contribution in [0.5, 0.6) is 0 Å². The number of benzene rings is 1. The summed E-state index contributed by atoms with van der Waals surface area (Å²) in [6.07, 6.45) is 14.4. The van der Waals surface area contributed by atoms with Crippen LogP contribution in [0.15, 0.2) is 47.1 Å². The third kappa shape index (κ3) is 3.71. The molecule has 3 saturated carbocycles. The lowest BCUT2D eigenvalue weighted by Gasteiger charge is -2.58. The summed E-state index contributed by atoms with van der Waals surface area (Å²) in [6.45, 7) is 4.84. The van der Waals surface area contributed by atoms with Gasteiger partial charge in [0.1, 0.15) is 0 Å². The molecule has 0 amide bonds. The number of fused-ring (bicyclic) bond motifs is 5. The summed E-state index contributed by atoms with van der Waals surface area (Å²) >= 11 is 0. The van der Waals surface area contributed by atoms with Crippen LogP contribution in [0.25, 0.3) is 6.08 Å². The van der Waals surface area contributed by atoms with E-state index in [1.165, 1.54) is 18.1 Å². The number of nitro benzene ring substituents is 1. The molecule has 0 radical (unpaired) electrons.